The average molecular weight is 301 g/mol. The molecule has 1 aromatic rings. The number of methoxy groups -OCH3 is 2. The van der Waals surface area contributed by atoms with E-state index in [4.69, 9.17) is 24.5 Å². The van der Waals surface area contributed by atoms with E-state index < -0.39 is 6.75 Å². The summed E-state index contributed by atoms with van der Waals surface area (Å²) < 4.78 is 10.4. The Bertz CT molecular complexity index is 368. The molecule has 0 bridgehead atoms. The summed E-state index contributed by atoms with van der Waals surface area (Å²) in [6, 6.07) is 2.77. The Kier molecular flexibility index (Phi) is 6.35. The van der Waals surface area contributed by atoms with Gasteiger partial charge in [-0.1, -0.05) is 5.46 Å². The Hall–Kier alpha value is 0.245. The summed E-state index contributed by atoms with van der Waals surface area (Å²) in [5.74, 6) is 0.532. The van der Waals surface area contributed by atoms with Gasteiger partial charge in [0, 0.05) is 0 Å². The van der Waals surface area contributed by atoms with Crippen molar-refractivity contribution in [3.63, 3.8) is 0 Å². The van der Waals surface area contributed by atoms with Crippen LogP contribution in [0.2, 0.25) is 0 Å². The smallest absolute Gasteiger partial charge is 0.556 e. The minimum Gasteiger partial charge on any atom is -0.556 e. The summed E-state index contributed by atoms with van der Waals surface area (Å²) in [6.45, 7) is -3.61. The second-order valence-corrected chi connectivity index (χ2v) is 3.82. The van der Waals surface area contributed by atoms with Crippen molar-refractivity contribution >= 4 is 28.1 Å². The zero-order valence-electron chi connectivity index (χ0n) is 9.27. The third-order valence-corrected chi connectivity index (χ3v) is 2.54. The van der Waals surface area contributed by atoms with Gasteiger partial charge in [0.2, 0.25) is 0 Å². The minimum atomic E-state index is -3.61. The fourth-order valence-corrected chi connectivity index (χ4v) is 1.67. The molecule has 1 aromatic carbocycles. The van der Waals surface area contributed by atoms with Crippen molar-refractivity contribution in [1.82, 2.24) is 0 Å². The van der Waals surface area contributed by atoms with Crippen LogP contribution in [0, 0.1) is 0 Å². The van der Waals surface area contributed by atoms with E-state index in [2.05, 4.69) is 15.9 Å². The molecular weight excluding hydrogens is 290 g/mol. The fourth-order valence-electron chi connectivity index (χ4n) is 1.19. The van der Waals surface area contributed by atoms with Crippen LogP contribution in [0.15, 0.2) is 16.6 Å². The Morgan fingerprint density at radius 3 is 1.94 bits per heavy atom. The molecule has 0 radical (unpaired) electrons. The molecule has 5 nitrogen and oxygen atoms in total. The molecule has 0 unspecified atom stereocenters. The predicted octanol–water partition coefficient (Wildman–Crippen LogP) is -3.41. The molecule has 0 heterocycles. The van der Waals surface area contributed by atoms with Gasteiger partial charge < -0.3 is 24.5 Å². The first kappa shape index (κ1) is 16.2. The van der Waals surface area contributed by atoms with Crippen LogP contribution in [0.4, 0.5) is 0 Å². The van der Waals surface area contributed by atoms with Gasteiger partial charge in [0.05, 0.1) is 24.4 Å². The van der Waals surface area contributed by atoms with E-state index in [1.165, 1.54) is 26.4 Å². The zero-order valence-corrected chi connectivity index (χ0v) is 12.9. The van der Waals surface area contributed by atoms with Gasteiger partial charge in [-0.15, -0.1) is 0 Å². The molecule has 3 N–H and O–H groups in total. The van der Waals surface area contributed by atoms with E-state index in [0.717, 1.165) is 0 Å². The van der Waals surface area contributed by atoms with Crippen molar-refractivity contribution in [1.29, 1.82) is 0 Å². The second kappa shape index (κ2) is 6.25. The summed E-state index contributed by atoms with van der Waals surface area (Å²) in [4.78, 5) is 0. The van der Waals surface area contributed by atoms with Crippen LogP contribution in [0.1, 0.15) is 0 Å². The molecule has 0 aliphatic heterocycles. The maximum absolute atomic E-state index is 9.13. The van der Waals surface area contributed by atoms with Gasteiger partial charge >= 0.3 is 36.3 Å². The first-order valence-electron chi connectivity index (χ1n) is 4.13. The molecule has 0 saturated carbocycles. The molecule has 0 aliphatic carbocycles. The molecule has 0 fully saturated rings. The molecule has 84 valence electrons. The molecule has 16 heavy (non-hydrogen) atoms. The Labute approximate surface area is 124 Å². The van der Waals surface area contributed by atoms with Gasteiger partial charge in [-0.25, -0.2) is 0 Å². The Morgan fingerprint density at radius 1 is 1.06 bits per heavy atom. The van der Waals surface area contributed by atoms with Gasteiger partial charge in [0.15, 0.2) is 0 Å². The number of halogens is 1. The van der Waals surface area contributed by atoms with Gasteiger partial charge in [0.25, 0.3) is 0 Å². The molecule has 0 aromatic heterocycles. The predicted molar refractivity (Wildman–Crippen MR) is 59.3 cm³/mol. The van der Waals surface area contributed by atoms with Crippen molar-refractivity contribution < 1.29 is 54.1 Å². The van der Waals surface area contributed by atoms with Crippen molar-refractivity contribution in [2.75, 3.05) is 14.2 Å². The normalized spacial score (nSPS) is 10.6. The average Bonchev–Trinajstić information content (AvgIpc) is 2.15. The summed E-state index contributed by atoms with van der Waals surface area (Å²) in [5.41, 5.74) is -0.127. The van der Waals surface area contributed by atoms with Gasteiger partial charge in [0.1, 0.15) is 5.75 Å². The number of rotatable bonds is 3. The minimum absolute atomic E-state index is 0. The maximum Gasteiger partial charge on any atom is 1.00 e. The van der Waals surface area contributed by atoms with Crippen LogP contribution in [-0.2, 0) is 0 Å². The van der Waals surface area contributed by atoms with E-state index in [1.807, 2.05) is 0 Å². The number of hydrogen-bond acceptors (Lipinski definition) is 5. The quantitative estimate of drug-likeness (QED) is 0.507. The third kappa shape index (κ3) is 3.63. The summed E-state index contributed by atoms with van der Waals surface area (Å²) in [5, 5.41) is 27.4. The van der Waals surface area contributed by atoms with E-state index in [9.17, 15) is 0 Å². The van der Waals surface area contributed by atoms with Crippen molar-refractivity contribution in [2.24, 2.45) is 0 Å². The van der Waals surface area contributed by atoms with Crippen molar-refractivity contribution in [3.05, 3.63) is 16.6 Å². The van der Waals surface area contributed by atoms with E-state index >= 15 is 0 Å². The van der Waals surface area contributed by atoms with Crippen molar-refractivity contribution in [2.45, 2.75) is 0 Å². The van der Waals surface area contributed by atoms with Crippen LogP contribution in [0.5, 0.6) is 11.5 Å². The van der Waals surface area contributed by atoms with E-state index in [0.29, 0.717) is 10.2 Å². The topological polar surface area (TPSA) is 79.2 Å². The summed E-state index contributed by atoms with van der Waals surface area (Å²) in [6.07, 6.45) is 0. The Balaban J connectivity index is 0.00000225. The molecule has 8 heteroatoms. The van der Waals surface area contributed by atoms with Crippen LogP contribution < -0.4 is 44.5 Å². The molecule has 0 amide bonds. The molecule has 1 rings (SSSR count). The van der Waals surface area contributed by atoms with Crippen molar-refractivity contribution in [3.8, 4) is 11.5 Å². The second-order valence-electron chi connectivity index (χ2n) is 2.96. The van der Waals surface area contributed by atoms with E-state index in [-0.39, 0.29) is 40.8 Å². The summed E-state index contributed by atoms with van der Waals surface area (Å²) in [7, 11) is 2.79. The molecule has 0 spiro atoms. The monoisotopic (exact) mass is 300 g/mol. The van der Waals surface area contributed by atoms with Crippen LogP contribution in [0.25, 0.3) is 0 Å². The molecule has 0 aliphatic rings. The fraction of sp³-hybridized carbons (Fsp3) is 0.250. The molecule has 0 saturated heterocycles. The van der Waals surface area contributed by atoms with Gasteiger partial charge in [-0.05, 0) is 28.1 Å². The SMILES string of the molecule is COc1cc([B-](O)(O)O)c(OC)cc1Br.[Na+]. The number of ether oxygens (including phenoxy) is 2. The standard InChI is InChI=1S/C8H11BBrO5.Na/c1-14-7-4-6(10)8(15-2)3-5(7)9(11,12)13;/h3-4,11-13H,1-2H3;/q-1;+1. The Morgan fingerprint density at radius 2 is 1.56 bits per heavy atom. The first-order valence-corrected chi connectivity index (χ1v) is 4.92. The van der Waals surface area contributed by atoms with Crippen LogP contribution in [0.3, 0.4) is 0 Å². The maximum atomic E-state index is 9.13. The first-order chi connectivity index (χ1) is 6.90. The van der Waals surface area contributed by atoms with E-state index in [1.54, 1.807) is 0 Å². The van der Waals surface area contributed by atoms with Gasteiger partial charge in [-0.3, -0.25) is 0 Å². The van der Waals surface area contributed by atoms with Crippen LogP contribution in [-0.4, -0.2) is 36.0 Å². The number of benzene rings is 1. The zero-order chi connectivity index (χ0) is 11.6. The van der Waals surface area contributed by atoms with Gasteiger partial charge in [-0.2, -0.15) is 0 Å². The molecule has 0 atom stereocenters. The number of hydrogen-bond donors (Lipinski definition) is 3. The third-order valence-electron chi connectivity index (χ3n) is 1.92. The molecular formula is C8H11BBrNaO5. The largest absolute Gasteiger partial charge is 1.00 e. The van der Waals surface area contributed by atoms with Crippen LogP contribution >= 0.6 is 15.9 Å². The summed E-state index contributed by atoms with van der Waals surface area (Å²) >= 11 is 3.21.